The first-order valence-electron chi connectivity index (χ1n) is 10.3. The molecule has 0 aliphatic heterocycles. The SMILES string of the molecule is COc1ccc(Nc2cc(C)c3cc(NC(=O)Cc4cccc(OC)c4)ccc3n2)cc1. The van der Waals surface area contributed by atoms with Crippen LogP contribution in [0.5, 0.6) is 11.5 Å². The Bertz CT molecular complexity index is 1250. The van der Waals surface area contributed by atoms with Crippen molar-refractivity contribution in [1.29, 1.82) is 0 Å². The van der Waals surface area contributed by atoms with E-state index in [-0.39, 0.29) is 12.3 Å². The Hall–Kier alpha value is -4.06. The van der Waals surface area contributed by atoms with Gasteiger partial charge in [-0.05, 0) is 78.7 Å². The van der Waals surface area contributed by atoms with Crippen molar-refractivity contribution >= 4 is 34.0 Å². The molecule has 0 fully saturated rings. The first-order chi connectivity index (χ1) is 15.5. The Balaban J connectivity index is 1.49. The second-order valence-electron chi connectivity index (χ2n) is 7.49. The fraction of sp³-hybridized carbons (Fsp3) is 0.154. The lowest BCUT2D eigenvalue weighted by atomic mass is 10.1. The lowest BCUT2D eigenvalue weighted by Crippen LogP contribution is -2.14. The van der Waals surface area contributed by atoms with Gasteiger partial charge >= 0.3 is 0 Å². The van der Waals surface area contributed by atoms with Crippen LogP contribution >= 0.6 is 0 Å². The minimum absolute atomic E-state index is 0.0824. The maximum absolute atomic E-state index is 12.5. The molecule has 1 amide bonds. The lowest BCUT2D eigenvalue weighted by molar-refractivity contribution is -0.115. The molecule has 0 spiro atoms. The average Bonchev–Trinajstić information content (AvgIpc) is 2.80. The number of carbonyl (C=O) groups is 1. The quantitative estimate of drug-likeness (QED) is 0.408. The fourth-order valence-corrected chi connectivity index (χ4v) is 3.53. The van der Waals surface area contributed by atoms with Gasteiger partial charge in [-0.1, -0.05) is 12.1 Å². The largest absolute Gasteiger partial charge is 0.497 e. The Labute approximate surface area is 187 Å². The molecule has 4 rings (SSSR count). The summed E-state index contributed by atoms with van der Waals surface area (Å²) in [6.45, 7) is 2.03. The van der Waals surface area contributed by atoms with E-state index >= 15 is 0 Å². The van der Waals surface area contributed by atoms with Crippen LogP contribution in [0.2, 0.25) is 0 Å². The highest BCUT2D eigenvalue weighted by atomic mass is 16.5. The van der Waals surface area contributed by atoms with Gasteiger partial charge in [0.05, 0.1) is 26.2 Å². The van der Waals surface area contributed by atoms with Crippen LogP contribution in [0.3, 0.4) is 0 Å². The van der Waals surface area contributed by atoms with Gasteiger partial charge in [0, 0.05) is 16.8 Å². The standard InChI is InChI=1S/C26H25N3O3/c1-17-13-25(27-19-7-10-21(31-2)11-8-19)29-24-12-9-20(16-23(17)24)28-26(30)15-18-5-4-6-22(14-18)32-3/h4-14,16H,15H2,1-3H3,(H,27,29)(H,28,30). The number of rotatable bonds is 7. The molecule has 0 bridgehead atoms. The molecule has 1 heterocycles. The summed E-state index contributed by atoms with van der Waals surface area (Å²) in [6, 6.07) is 22.9. The number of nitrogens with one attached hydrogen (secondary N) is 2. The number of ether oxygens (including phenoxy) is 2. The molecule has 0 aliphatic rings. The van der Waals surface area contributed by atoms with Crippen molar-refractivity contribution < 1.29 is 14.3 Å². The van der Waals surface area contributed by atoms with Gasteiger partial charge in [0.2, 0.25) is 5.91 Å². The minimum atomic E-state index is -0.0824. The molecule has 0 unspecified atom stereocenters. The molecule has 0 saturated carbocycles. The van der Waals surface area contributed by atoms with Gasteiger partial charge in [-0.25, -0.2) is 4.98 Å². The Morgan fingerprint density at radius 1 is 0.875 bits per heavy atom. The van der Waals surface area contributed by atoms with E-state index in [2.05, 4.69) is 10.6 Å². The third kappa shape index (κ3) is 4.98. The third-order valence-corrected chi connectivity index (χ3v) is 5.16. The zero-order valence-electron chi connectivity index (χ0n) is 18.3. The first-order valence-corrected chi connectivity index (χ1v) is 10.3. The molecule has 4 aromatic rings. The smallest absolute Gasteiger partial charge is 0.228 e. The summed E-state index contributed by atoms with van der Waals surface area (Å²) in [5.74, 6) is 2.22. The molecule has 0 aliphatic carbocycles. The normalized spacial score (nSPS) is 10.6. The molecule has 3 aromatic carbocycles. The number of nitrogens with zero attached hydrogens (tertiary/aromatic N) is 1. The Morgan fingerprint density at radius 3 is 2.38 bits per heavy atom. The van der Waals surface area contributed by atoms with Crippen LogP contribution in [0.15, 0.2) is 72.8 Å². The van der Waals surface area contributed by atoms with Crippen LogP contribution in [-0.4, -0.2) is 25.1 Å². The molecule has 0 atom stereocenters. The fourth-order valence-electron chi connectivity index (χ4n) is 3.53. The Morgan fingerprint density at radius 2 is 1.62 bits per heavy atom. The molecule has 0 saturated heterocycles. The average molecular weight is 428 g/mol. The molecular weight excluding hydrogens is 402 g/mol. The highest BCUT2D eigenvalue weighted by molar-refractivity contribution is 5.95. The number of aromatic nitrogens is 1. The number of amides is 1. The lowest BCUT2D eigenvalue weighted by Gasteiger charge is -2.12. The van der Waals surface area contributed by atoms with E-state index in [0.717, 1.165) is 50.7 Å². The molecule has 1 aromatic heterocycles. The number of hydrogen-bond donors (Lipinski definition) is 2. The van der Waals surface area contributed by atoms with E-state index in [4.69, 9.17) is 14.5 Å². The monoisotopic (exact) mass is 427 g/mol. The maximum Gasteiger partial charge on any atom is 0.228 e. The highest BCUT2D eigenvalue weighted by Gasteiger charge is 2.09. The molecule has 2 N–H and O–H groups in total. The maximum atomic E-state index is 12.5. The van der Waals surface area contributed by atoms with Gasteiger partial charge in [0.15, 0.2) is 0 Å². The van der Waals surface area contributed by atoms with Crippen LogP contribution in [0.4, 0.5) is 17.2 Å². The summed E-state index contributed by atoms with van der Waals surface area (Å²) in [6.07, 6.45) is 0.275. The molecule has 32 heavy (non-hydrogen) atoms. The summed E-state index contributed by atoms with van der Waals surface area (Å²) in [4.78, 5) is 17.2. The van der Waals surface area contributed by atoms with Gasteiger partial charge in [0.25, 0.3) is 0 Å². The van der Waals surface area contributed by atoms with E-state index < -0.39 is 0 Å². The van der Waals surface area contributed by atoms with E-state index in [0.29, 0.717) is 0 Å². The van der Waals surface area contributed by atoms with Crippen LogP contribution in [0.25, 0.3) is 10.9 Å². The molecular formula is C26H25N3O3. The van der Waals surface area contributed by atoms with Crippen molar-refractivity contribution in [2.24, 2.45) is 0 Å². The zero-order valence-corrected chi connectivity index (χ0v) is 18.3. The summed E-state index contributed by atoms with van der Waals surface area (Å²) in [5, 5.41) is 7.29. The van der Waals surface area contributed by atoms with Crippen LogP contribution in [-0.2, 0) is 11.2 Å². The predicted molar refractivity (Wildman–Crippen MR) is 128 cm³/mol. The second-order valence-corrected chi connectivity index (χ2v) is 7.49. The highest BCUT2D eigenvalue weighted by Crippen LogP contribution is 2.26. The topological polar surface area (TPSA) is 72.5 Å². The van der Waals surface area contributed by atoms with E-state index in [9.17, 15) is 4.79 Å². The number of fused-ring (bicyclic) bond motifs is 1. The van der Waals surface area contributed by atoms with Crippen LogP contribution < -0.4 is 20.1 Å². The minimum Gasteiger partial charge on any atom is -0.497 e. The van der Waals surface area contributed by atoms with E-state index in [1.54, 1.807) is 14.2 Å². The predicted octanol–water partition coefficient (Wildman–Crippen LogP) is 5.49. The van der Waals surface area contributed by atoms with Crippen molar-refractivity contribution in [3.05, 3.63) is 83.9 Å². The summed E-state index contributed by atoms with van der Waals surface area (Å²) in [5.41, 5.74) is 4.49. The van der Waals surface area contributed by atoms with Crippen molar-refractivity contribution in [2.75, 3.05) is 24.9 Å². The summed E-state index contributed by atoms with van der Waals surface area (Å²) in [7, 11) is 3.26. The second kappa shape index (κ2) is 9.39. The summed E-state index contributed by atoms with van der Waals surface area (Å²) < 4.78 is 10.4. The number of pyridine rings is 1. The molecule has 6 nitrogen and oxygen atoms in total. The van der Waals surface area contributed by atoms with E-state index in [1.165, 1.54) is 0 Å². The van der Waals surface area contributed by atoms with Gasteiger partial charge in [-0.15, -0.1) is 0 Å². The first kappa shape index (κ1) is 21.2. The van der Waals surface area contributed by atoms with Gasteiger partial charge in [-0.3, -0.25) is 4.79 Å². The van der Waals surface area contributed by atoms with Gasteiger partial charge in [0.1, 0.15) is 17.3 Å². The molecule has 162 valence electrons. The number of anilines is 3. The van der Waals surface area contributed by atoms with Crippen molar-refractivity contribution in [3.8, 4) is 11.5 Å². The number of hydrogen-bond acceptors (Lipinski definition) is 5. The Kier molecular flexibility index (Phi) is 6.22. The number of benzene rings is 3. The van der Waals surface area contributed by atoms with E-state index in [1.807, 2.05) is 79.7 Å². The molecule has 0 radical (unpaired) electrons. The van der Waals surface area contributed by atoms with Crippen LogP contribution in [0.1, 0.15) is 11.1 Å². The van der Waals surface area contributed by atoms with Gasteiger partial charge in [-0.2, -0.15) is 0 Å². The van der Waals surface area contributed by atoms with Gasteiger partial charge < -0.3 is 20.1 Å². The van der Waals surface area contributed by atoms with Crippen LogP contribution in [0, 0.1) is 6.92 Å². The number of aryl methyl sites for hydroxylation is 1. The summed E-state index contributed by atoms with van der Waals surface area (Å²) >= 11 is 0. The van der Waals surface area contributed by atoms with Crippen molar-refractivity contribution in [2.45, 2.75) is 13.3 Å². The van der Waals surface area contributed by atoms with Crippen molar-refractivity contribution in [1.82, 2.24) is 4.98 Å². The van der Waals surface area contributed by atoms with Crippen molar-refractivity contribution in [3.63, 3.8) is 0 Å². The number of carbonyl (C=O) groups excluding carboxylic acids is 1. The zero-order chi connectivity index (χ0) is 22.5. The molecule has 6 heteroatoms. The third-order valence-electron chi connectivity index (χ3n) is 5.16. The number of methoxy groups -OCH3 is 2.